The summed E-state index contributed by atoms with van der Waals surface area (Å²) in [5, 5.41) is 0. The molecule has 0 aromatic heterocycles. The molecule has 1 aromatic rings. The Labute approximate surface area is 154 Å². The van der Waals surface area contributed by atoms with Crippen LogP contribution >= 0.6 is 0 Å². The maximum absolute atomic E-state index is 12.9. The number of carbonyl (C=O) groups is 1. The largest absolute Gasteiger partial charge is 0.497 e. The Bertz CT molecular complexity index is 868. The molecule has 0 radical (unpaired) electrons. The van der Waals surface area contributed by atoms with E-state index in [0.29, 0.717) is 30.3 Å². The van der Waals surface area contributed by atoms with Gasteiger partial charge < -0.3 is 9.64 Å². The SMILES string of the molecule is COc1cccc(C2=NS(=O)(=O)N(C)C(C(=O)N3CCC(C)CC3)=C2)c1. The van der Waals surface area contributed by atoms with Crippen molar-refractivity contribution in [3.05, 3.63) is 41.6 Å². The van der Waals surface area contributed by atoms with Crippen molar-refractivity contribution >= 4 is 21.8 Å². The minimum Gasteiger partial charge on any atom is -0.497 e. The molecule has 3 rings (SSSR count). The molecular weight excluding hydrogens is 354 g/mol. The number of piperidine rings is 1. The van der Waals surface area contributed by atoms with E-state index < -0.39 is 10.2 Å². The lowest BCUT2D eigenvalue weighted by Gasteiger charge is -2.33. The summed E-state index contributed by atoms with van der Waals surface area (Å²) in [6, 6.07) is 6.95. The number of methoxy groups -OCH3 is 1. The molecule has 0 bridgehead atoms. The number of amides is 1. The highest BCUT2D eigenvalue weighted by Gasteiger charge is 2.33. The summed E-state index contributed by atoms with van der Waals surface area (Å²) < 4.78 is 34.9. The van der Waals surface area contributed by atoms with Crippen LogP contribution in [0.1, 0.15) is 25.3 Å². The van der Waals surface area contributed by atoms with Gasteiger partial charge in [0.2, 0.25) is 0 Å². The van der Waals surface area contributed by atoms with Gasteiger partial charge in [-0.15, -0.1) is 4.40 Å². The molecule has 0 aliphatic carbocycles. The normalized spacial score (nSPS) is 20.4. The first-order valence-electron chi connectivity index (χ1n) is 8.56. The highest BCUT2D eigenvalue weighted by Crippen LogP contribution is 2.25. The minimum atomic E-state index is -3.96. The van der Waals surface area contributed by atoms with Crippen LogP contribution in [0, 0.1) is 5.92 Å². The van der Waals surface area contributed by atoms with E-state index in [0.717, 1.165) is 17.1 Å². The van der Waals surface area contributed by atoms with Crippen molar-refractivity contribution in [2.75, 3.05) is 27.2 Å². The number of benzene rings is 1. The summed E-state index contributed by atoms with van der Waals surface area (Å²) in [4.78, 5) is 14.6. The fraction of sp³-hybridized carbons (Fsp3) is 0.444. The number of allylic oxidation sites excluding steroid dienone is 1. The number of hydrogen-bond acceptors (Lipinski definition) is 4. The Kier molecular flexibility index (Phi) is 5.04. The van der Waals surface area contributed by atoms with Gasteiger partial charge in [0.15, 0.2) is 0 Å². The molecule has 1 aromatic carbocycles. The van der Waals surface area contributed by atoms with Crippen molar-refractivity contribution < 1.29 is 17.9 Å². The van der Waals surface area contributed by atoms with Crippen LogP contribution in [0.2, 0.25) is 0 Å². The van der Waals surface area contributed by atoms with E-state index in [1.165, 1.54) is 20.2 Å². The van der Waals surface area contributed by atoms with E-state index >= 15 is 0 Å². The van der Waals surface area contributed by atoms with Crippen LogP contribution < -0.4 is 4.74 Å². The molecule has 7 nitrogen and oxygen atoms in total. The van der Waals surface area contributed by atoms with Gasteiger partial charge in [-0.2, -0.15) is 8.42 Å². The number of carbonyl (C=O) groups excluding carboxylic acids is 1. The molecule has 1 amide bonds. The Morgan fingerprint density at radius 1 is 1.27 bits per heavy atom. The van der Waals surface area contributed by atoms with Crippen LogP contribution in [0.3, 0.4) is 0 Å². The molecule has 2 aliphatic rings. The molecule has 2 aliphatic heterocycles. The molecule has 1 fully saturated rings. The lowest BCUT2D eigenvalue weighted by Crippen LogP contribution is -2.44. The van der Waals surface area contributed by atoms with Gasteiger partial charge in [0, 0.05) is 25.7 Å². The number of likely N-dealkylation sites (N-methyl/N-ethyl adjacent to an activating group) is 1. The van der Waals surface area contributed by atoms with Gasteiger partial charge in [-0.25, -0.2) is 4.31 Å². The Morgan fingerprint density at radius 2 is 1.96 bits per heavy atom. The monoisotopic (exact) mass is 377 g/mol. The average molecular weight is 377 g/mol. The van der Waals surface area contributed by atoms with Crippen LogP contribution in [0.4, 0.5) is 0 Å². The molecule has 0 atom stereocenters. The molecule has 140 valence electrons. The van der Waals surface area contributed by atoms with Crippen molar-refractivity contribution in [2.45, 2.75) is 19.8 Å². The first-order valence-corrected chi connectivity index (χ1v) is 9.95. The number of ether oxygens (including phenoxy) is 1. The summed E-state index contributed by atoms with van der Waals surface area (Å²) in [7, 11) is -1.06. The Hall–Kier alpha value is -2.35. The molecule has 0 spiro atoms. The Balaban J connectivity index is 1.97. The second-order valence-electron chi connectivity index (χ2n) is 6.66. The number of likely N-dealkylation sites (tertiary alicyclic amines) is 1. The standard InChI is InChI=1S/C18H23N3O4S/c1-13-7-9-21(10-8-13)18(22)17-12-16(19-26(23,24)20(17)2)14-5-4-6-15(11-14)25-3/h4-6,11-13H,7-10H2,1-3H3. The van der Waals surface area contributed by atoms with Gasteiger partial charge in [-0.3, -0.25) is 4.79 Å². The molecule has 1 saturated heterocycles. The zero-order valence-electron chi connectivity index (χ0n) is 15.2. The fourth-order valence-corrected chi connectivity index (χ4v) is 3.95. The summed E-state index contributed by atoms with van der Waals surface area (Å²) >= 11 is 0. The van der Waals surface area contributed by atoms with Crippen molar-refractivity contribution in [3.8, 4) is 5.75 Å². The number of hydrogen-bond donors (Lipinski definition) is 0. The maximum atomic E-state index is 12.9. The van der Waals surface area contributed by atoms with Crippen LogP contribution in [-0.4, -0.2) is 56.5 Å². The summed E-state index contributed by atoms with van der Waals surface area (Å²) in [5.74, 6) is 0.890. The van der Waals surface area contributed by atoms with E-state index in [-0.39, 0.29) is 17.3 Å². The topological polar surface area (TPSA) is 79.3 Å². The molecule has 0 N–H and O–H groups in total. The molecule has 0 saturated carbocycles. The van der Waals surface area contributed by atoms with Crippen molar-refractivity contribution in [2.24, 2.45) is 10.3 Å². The predicted octanol–water partition coefficient (Wildman–Crippen LogP) is 1.82. The van der Waals surface area contributed by atoms with Crippen molar-refractivity contribution in [1.82, 2.24) is 9.21 Å². The lowest BCUT2D eigenvalue weighted by molar-refractivity contribution is -0.129. The van der Waals surface area contributed by atoms with Crippen molar-refractivity contribution in [3.63, 3.8) is 0 Å². The van der Waals surface area contributed by atoms with Gasteiger partial charge in [0.25, 0.3) is 5.91 Å². The molecular formula is C18H23N3O4S. The van der Waals surface area contributed by atoms with Crippen molar-refractivity contribution in [1.29, 1.82) is 0 Å². The van der Waals surface area contributed by atoms with E-state index in [2.05, 4.69) is 11.3 Å². The first-order chi connectivity index (χ1) is 12.3. The average Bonchev–Trinajstić information content (AvgIpc) is 2.64. The summed E-state index contributed by atoms with van der Waals surface area (Å²) in [5.41, 5.74) is 0.932. The third kappa shape index (κ3) is 3.60. The lowest BCUT2D eigenvalue weighted by atomic mass is 9.99. The molecule has 2 heterocycles. The maximum Gasteiger partial charge on any atom is 0.345 e. The number of rotatable bonds is 3. The van der Waals surface area contributed by atoms with E-state index in [1.54, 1.807) is 29.2 Å². The summed E-state index contributed by atoms with van der Waals surface area (Å²) in [6.45, 7) is 3.43. The fourth-order valence-electron chi connectivity index (χ4n) is 3.05. The first kappa shape index (κ1) is 18.4. The van der Waals surface area contributed by atoms with Crippen LogP contribution in [0.5, 0.6) is 5.75 Å². The van der Waals surface area contributed by atoms with Gasteiger partial charge in [0.1, 0.15) is 11.4 Å². The second-order valence-corrected chi connectivity index (χ2v) is 8.28. The van der Waals surface area contributed by atoms with Gasteiger partial charge in [0.05, 0.1) is 12.8 Å². The zero-order valence-corrected chi connectivity index (χ0v) is 16.0. The van der Waals surface area contributed by atoms with E-state index in [9.17, 15) is 13.2 Å². The summed E-state index contributed by atoms with van der Waals surface area (Å²) in [6.07, 6.45) is 3.38. The quantitative estimate of drug-likeness (QED) is 0.805. The number of nitrogens with zero attached hydrogens (tertiary/aromatic N) is 3. The highest BCUT2D eigenvalue weighted by molar-refractivity contribution is 7.88. The van der Waals surface area contributed by atoms with Gasteiger partial charge >= 0.3 is 10.2 Å². The minimum absolute atomic E-state index is 0.118. The third-order valence-electron chi connectivity index (χ3n) is 4.83. The van der Waals surface area contributed by atoms with Gasteiger partial charge in [-0.1, -0.05) is 19.1 Å². The highest BCUT2D eigenvalue weighted by atomic mass is 32.2. The molecule has 0 unspecified atom stereocenters. The van der Waals surface area contributed by atoms with Gasteiger partial charge in [-0.05, 0) is 37.0 Å². The van der Waals surface area contributed by atoms with E-state index in [4.69, 9.17) is 4.74 Å². The Morgan fingerprint density at radius 3 is 2.62 bits per heavy atom. The molecule has 26 heavy (non-hydrogen) atoms. The molecule has 8 heteroatoms. The third-order valence-corrected chi connectivity index (χ3v) is 6.14. The van der Waals surface area contributed by atoms with Crippen LogP contribution in [0.25, 0.3) is 0 Å². The van der Waals surface area contributed by atoms with Crippen LogP contribution in [-0.2, 0) is 15.0 Å². The smallest absolute Gasteiger partial charge is 0.345 e. The predicted molar refractivity (Wildman–Crippen MR) is 99.3 cm³/mol. The second kappa shape index (κ2) is 7.11. The zero-order chi connectivity index (χ0) is 18.9. The van der Waals surface area contributed by atoms with E-state index in [1.807, 2.05) is 0 Å². The van der Waals surface area contributed by atoms with Crippen LogP contribution in [0.15, 0.2) is 40.4 Å².